The van der Waals surface area contributed by atoms with Crippen molar-refractivity contribution in [3.8, 4) is 0 Å². The van der Waals surface area contributed by atoms with Gasteiger partial charge < -0.3 is 0 Å². The predicted molar refractivity (Wildman–Crippen MR) is 141 cm³/mol. The van der Waals surface area contributed by atoms with Crippen molar-refractivity contribution in [1.29, 1.82) is 0 Å². The minimum Gasteiger partial charge on any atom is -0.0616 e. The second-order valence-corrected chi connectivity index (χ2v) is 17.2. The minimum absolute atomic E-state index is 0.666. The maximum Gasteiger partial charge on any atom is 0.207 e. The lowest BCUT2D eigenvalue weighted by molar-refractivity contribution is 1.79. The summed E-state index contributed by atoms with van der Waals surface area (Å²) in [4.78, 5) is 0. The first-order valence-electron chi connectivity index (χ1n) is 10.6. The SMILES string of the molecule is Cl[P+]12c3c4ccccc4c(c4ccccc34)P1c1c3ccccc3c2c2ccccc12. The van der Waals surface area contributed by atoms with Crippen LogP contribution >= 0.6 is 25.2 Å². The maximum absolute atomic E-state index is 8.11. The molecule has 0 spiro atoms. The summed E-state index contributed by atoms with van der Waals surface area (Å²) in [6.45, 7) is 0. The molecule has 31 heavy (non-hydrogen) atoms. The fourth-order valence-electron chi connectivity index (χ4n) is 5.96. The van der Waals surface area contributed by atoms with Gasteiger partial charge in [-0.3, -0.25) is 0 Å². The summed E-state index contributed by atoms with van der Waals surface area (Å²) >= 11 is 8.11. The Balaban J connectivity index is 1.74. The molecule has 4 bridgehead atoms. The topological polar surface area (TPSA) is 0 Å². The second-order valence-electron chi connectivity index (χ2n) is 8.44. The molecule has 3 heteroatoms. The van der Waals surface area contributed by atoms with Crippen molar-refractivity contribution >= 4 is 89.5 Å². The van der Waals surface area contributed by atoms with E-state index in [1.807, 2.05) is 0 Å². The third-order valence-corrected chi connectivity index (χ3v) is 18.0. The maximum atomic E-state index is 8.11. The van der Waals surface area contributed by atoms with Crippen molar-refractivity contribution in [2.24, 2.45) is 0 Å². The van der Waals surface area contributed by atoms with Crippen LogP contribution in [0, 0.1) is 0 Å². The van der Waals surface area contributed by atoms with Crippen LogP contribution in [0.25, 0.3) is 43.1 Å². The van der Waals surface area contributed by atoms with E-state index in [9.17, 15) is 0 Å². The van der Waals surface area contributed by atoms with Gasteiger partial charge in [0.1, 0.15) is 29.5 Å². The average molecular weight is 450 g/mol. The highest BCUT2D eigenvalue weighted by atomic mass is 35.7. The van der Waals surface area contributed by atoms with Gasteiger partial charge in [0.05, 0.1) is 0 Å². The van der Waals surface area contributed by atoms with Crippen molar-refractivity contribution in [2.75, 3.05) is 0 Å². The lowest BCUT2D eigenvalue weighted by atomic mass is 10.0. The molecule has 6 aromatic rings. The van der Waals surface area contributed by atoms with Gasteiger partial charge in [0.2, 0.25) is 6.30 Å². The first-order valence-corrected chi connectivity index (χ1v) is 15.3. The van der Waals surface area contributed by atoms with Gasteiger partial charge in [0.25, 0.3) is 0 Å². The van der Waals surface area contributed by atoms with E-state index in [4.69, 9.17) is 11.2 Å². The molecule has 0 amide bonds. The van der Waals surface area contributed by atoms with Crippen LogP contribution in [0.15, 0.2) is 97.1 Å². The van der Waals surface area contributed by atoms with Crippen LogP contribution in [0.3, 0.4) is 0 Å². The Kier molecular flexibility index (Phi) is 3.12. The number of hydrogen-bond acceptors (Lipinski definition) is 0. The minimum atomic E-state index is -2.12. The molecular weight excluding hydrogens is 434 g/mol. The molecule has 4 aliphatic heterocycles. The lowest BCUT2D eigenvalue weighted by Gasteiger charge is -2.41. The molecule has 0 aliphatic carbocycles. The van der Waals surface area contributed by atoms with Crippen molar-refractivity contribution in [1.82, 2.24) is 0 Å². The van der Waals surface area contributed by atoms with Gasteiger partial charge in [-0.2, -0.15) is 0 Å². The third-order valence-electron chi connectivity index (χ3n) is 7.04. The summed E-state index contributed by atoms with van der Waals surface area (Å²) in [5.41, 5.74) is 0. The molecule has 0 saturated carbocycles. The normalized spacial score (nSPS) is 20.9. The highest BCUT2D eigenvalue weighted by Crippen LogP contribution is 2.91. The number of rotatable bonds is 0. The molecular formula is C28H16ClP2+. The van der Waals surface area contributed by atoms with Crippen molar-refractivity contribution < 1.29 is 0 Å². The van der Waals surface area contributed by atoms with Crippen LogP contribution in [-0.2, 0) is 0 Å². The molecule has 10 rings (SSSR count). The summed E-state index contributed by atoms with van der Waals surface area (Å²) < 4.78 is 0. The van der Waals surface area contributed by atoms with Crippen LogP contribution in [0.4, 0.5) is 0 Å². The number of benzene rings is 6. The monoisotopic (exact) mass is 449 g/mol. The summed E-state index contributed by atoms with van der Waals surface area (Å²) in [5.74, 6) is 0. The zero-order valence-electron chi connectivity index (χ0n) is 16.5. The van der Waals surface area contributed by atoms with Crippen molar-refractivity contribution in [3.63, 3.8) is 0 Å². The van der Waals surface area contributed by atoms with E-state index < -0.39 is 13.9 Å². The molecule has 6 aromatic carbocycles. The molecule has 0 fully saturated rings. The van der Waals surface area contributed by atoms with Gasteiger partial charge in [-0.05, 0) is 21.5 Å². The molecule has 0 unspecified atom stereocenters. The molecule has 4 aliphatic rings. The fourth-order valence-corrected chi connectivity index (χ4v) is 19.0. The van der Waals surface area contributed by atoms with E-state index in [-0.39, 0.29) is 0 Å². The molecule has 4 heterocycles. The van der Waals surface area contributed by atoms with Crippen molar-refractivity contribution in [2.45, 2.75) is 0 Å². The third kappa shape index (κ3) is 1.81. The standard InChI is InChI=1S/C28H16ClP2/c29-31-27-21-13-5-1-9-17(21)25(18-10-2-6-14-22(18)27)30(31)26-19-11-3-7-15-23(19)28(31)24-16-8-4-12-20(24)26/h1-16H/q+1. The molecule has 144 valence electrons. The molecule has 0 N–H and O–H groups in total. The smallest absolute Gasteiger partial charge is 0.0616 e. The number of halogens is 1. The zero-order valence-corrected chi connectivity index (χ0v) is 19.1. The highest BCUT2D eigenvalue weighted by Gasteiger charge is 2.63. The fraction of sp³-hybridized carbons (Fsp3) is 0. The summed E-state index contributed by atoms with van der Waals surface area (Å²) in [6, 6.07) is 35.8. The summed E-state index contributed by atoms with van der Waals surface area (Å²) in [6.07, 6.45) is -2.12. The average Bonchev–Trinajstić information content (AvgIpc) is 2.83. The largest absolute Gasteiger partial charge is 0.207 e. The zero-order chi connectivity index (χ0) is 20.3. The Morgan fingerprint density at radius 1 is 0.419 bits per heavy atom. The Hall–Kier alpha value is -2.49. The highest BCUT2D eigenvalue weighted by molar-refractivity contribution is 8.60. The Bertz CT molecular complexity index is 1530. The second kappa shape index (κ2) is 5.65. The van der Waals surface area contributed by atoms with E-state index in [2.05, 4.69) is 97.1 Å². The molecule has 0 radical (unpaired) electrons. The van der Waals surface area contributed by atoms with E-state index in [1.54, 1.807) is 0 Å². The van der Waals surface area contributed by atoms with Gasteiger partial charge in [0, 0.05) is 32.2 Å². The van der Waals surface area contributed by atoms with Crippen LogP contribution < -0.4 is 21.2 Å². The molecule has 0 aromatic heterocycles. The van der Waals surface area contributed by atoms with Gasteiger partial charge in [0.15, 0.2) is 0 Å². The Morgan fingerprint density at radius 2 is 0.677 bits per heavy atom. The first kappa shape index (κ1) is 17.1. The van der Waals surface area contributed by atoms with Gasteiger partial charge in [-0.25, -0.2) is 0 Å². The van der Waals surface area contributed by atoms with Crippen LogP contribution in [0.1, 0.15) is 0 Å². The van der Waals surface area contributed by atoms with E-state index in [0.717, 1.165) is 0 Å². The lowest BCUT2D eigenvalue weighted by Crippen LogP contribution is -2.37. The summed E-state index contributed by atoms with van der Waals surface area (Å²) in [7, 11) is -0.666. The van der Waals surface area contributed by atoms with E-state index >= 15 is 0 Å². The van der Waals surface area contributed by atoms with Gasteiger partial charge in [-0.15, -0.1) is 0 Å². The van der Waals surface area contributed by atoms with Crippen LogP contribution in [0.2, 0.25) is 0 Å². The first-order chi connectivity index (χ1) is 15.3. The van der Waals surface area contributed by atoms with Crippen LogP contribution in [0.5, 0.6) is 0 Å². The molecule has 0 saturated heterocycles. The quantitative estimate of drug-likeness (QED) is 0.171. The van der Waals surface area contributed by atoms with E-state index in [0.29, 0.717) is 0 Å². The number of hydrogen-bond donors (Lipinski definition) is 0. The Morgan fingerprint density at radius 3 is 0.968 bits per heavy atom. The van der Waals surface area contributed by atoms with Gasteiger partial charge >= 0.3 is 0 Å². The van der Waals surface area contributed by atoms with Crippen LogP contribution in [-0.4, -0.2) is 0 Å². The van der Waals surface area contributed by atoms with Crippen molar-refractivity contribution in [3.05, 3.63) is 97.1 Å². The molecule has 0 atom stereocenters. The summed E-state index contributed by atoms with van der Waals surface area (Å²) in [5, 5.41) is 16.8. The van der Waals surface area contributed by atoms with E-state index in [1.165, 1.54) is 64.3 Å². The Labute approximate surface area is 186 Å². The predicted octanol–water partition coefficient (Wildman–Crippen LogP) is 7.10. The van der Waals surface area contributed by atoms with Gasteiger partial charge in [-0.1, -0.05) is 97.1 Å². The molecule has 0 nitrogen and oxygen atoms in total.